The Morgan fingerprint density at radius 3 is 2.83 bits per heavy atom. The van der Waals surface area contributed by atoms with Crippen molar-refractivity contribution >= 4 is 29.7 Å². The molecule has 0 atom stereocenters. The van der Waals surface area contributed by atoms with E-state index < -0.39 is 0 Å². The van der Waals surface area contributed by atoms with Crippen molar-refractivity contribution in [2.45, 2.75) is 26.2 Å². The van der Waals surface area contributed by atoms with Gasteiger partial charge in [0.15, 0.2) is 0 Å². The van der Waals surface area contributed by atoms with E-state index >= 15 is 0 Å². The molecule has 128 valence electrons. The number of nitrogens with zero attached hydrogens (tertiary/aromatic N) is 1. The number of nitrogen functional groups attached to an aromatic ring is 1. The highest BCUT2D eigenvalue weighted by Gasteiger charge is 2.24. The van der Waals surface area contributed by atoms with E-state index in [1.165, 1.54) is 0 Å². The van der Waals surface area contributed by atoms with Crippen LogP contribution in [0.5, 0.6) is 5.75 Å². The molecule has 5 heteroatoms. The molecule has 0 aromatic heterocycles. The van der Waals surface area contributed by atoms with E-state index in [-0.39, 0.29) is 18.3 Å². The summed E-state index contributed by atoms with van der Waals surface area (Å²) in [4.78, 5) is 14.8. The van der Waals surface area contributed by atoms with E-state index in [9.17, 15) is 4.79 Å². The van der Waals surface area contributed by atoms with Crippen molar-refractivity contribution in [3.8, 4) is 5.75 Å². The molecular formula is C19H23ClN2O2. The highest BCUT2D eigenvalue weighted by atomic mass is 35.5. The van der Waals surface area contributed by atoms with Gasteiger partial charge in [0.05, 0.1) is 6.61 Å². The molecule has 2 aromatic rings. The Morgan fingerprint density at radius 2 is 2.04 bits per heavy atom. The number of anilines is 2. The van der Waals surface area contributed by atoms with Crippen LogP contribution in [-0.4, -0.2) is 19.1 Å². The summed E-state index contributed by atoms with van der Waals surface area (Å²) in [5, 5.41) is 0. The van der Waals surface area contributed by atoms with Crippen LogP contribution in [0.1, 0.15) is 35.7 Å². The highest BCUT2D eigenvalue weighted by molar-refractivity contribution is 6.07. The number of amides is 1. The topological polar surface area (TPSA) is 55.6 Å². The molecule has 1 aliphatic heterocycles. The Balaban J connectivity index is 0.00000208. The van der Waals surface area contributed by atoms with Crippen molar-refractivity contribution in [3.05, 3.63) is 53.6 Å². The third-order valence-electron chi connectivity index (χ3n) is 4.09. The molecule has 0 saturated carbocycles. The molecule has 2 N–H and O–H groups in total. The zero-order valence-corrected chi connectivity index (χ0v) is 14.6. The zero-order valence-electron chi connectivity index (χ0n) is 13.8. The van der Waals surface area contributed by atoms with Crippen molar-refractivity contribution in [2.24, 2.45) is 0 Å². The monoisotopic (exact) mass is 346 g/mol. The lowest BCUT2D eigenvalue weighted by atomic mass is 9.99. The average Bonchev–Trinajstić information content (AvgIpc) is 2.59. The van der Waals surface area contributed by atoms with Gasteiger partial charge >= 0.3 is 0 Å². The van der Waals surface area contributed by atoms with Crippen LogP contribution in [0.3, 0.4) is 0 Å². The number of carbonyl (C=O) groups is 1. The third kappa shape index (κ3) is 3.65. The first-order chi connectivity index (χ1) is 11.2. The lowest BCUT2D eigenvalue weighted by Crippen LogP contribution is -2.35. The Bertz CT molecular complexity index is 718. The van der Waals surface area contributed by atoms with Crippen LogP contribution in [0.25, 0.3) is 0 Å². The Kier molecular flexibility index (Phi) is 6.10. The highest BCUT2D eigenvalue weighted by Crippen LogP contribution is 2.32. The summed E-state index contributed by atoms with van der Waals surface area (Å²) >= 11 is 0. The number of ether oxygens (including phenoxy) is 1. The summed E-state index contributed by atoms with van der Waals surface area (Å²) in [6.45, 7) is 3.43. The van der Waals surface area contributed by atoms with E-state index in [2.05, 4.69) is 6.92 Å². The maximum atomic E-state index is 12.9. The van der Waals surface area contributed by atoms with E-state index in [1.807, 2.05) is 47.4 Å². The fraction of sp³-hybridized carbons (Fsp3) is 0.316. The molecule has 0 saturated heterocycles. The second-order valence-corrected chi connectivity index (χ2v) is 5.78. The van der Waals surface area contributed by atoms with E-state index in [1.54, 1.807) is 0 Å². The van der Waals surface area contributed by atoms with Crippen molar-refractivity contribution < 1.29 is 9.53 Å². The van der Waals surface area contributed by atoms with Gasteiger partial charge in [-0.2, -0.15) is 0 Å². The zero-order chi connectivity index (χ0) is 16.2. The SMILES string of the molecule is CCCOc1cccc(C(=O)N2CCCc3c(N)cccc32)c1.Cl. The summed E-state index contributed by atoms with van der Waals surface area (Å²) < 4.78 is 5.63. The maximum absolute atomic E-state index is 12.9. The van der Waals surface area contributed by atoms with E-state index in [0.29, 0.717) is 12.2 Å². The fourth-order valence-corrected chi connectivity index (χ4v) is 2.96. The minimum absolute atomic E-state index is 0. The standard InChI is InChI=1S/C19H22N2O2.ClH/c1-2-12-23-15-7-3-6-14(13-15)19(22)21-11-5-8-16-17(20)9-4-10-18(16)21;/h3-4,6-7,9-10,13H,2,5,8,11-12,20H2,1H3;1H. The predicted octanol–water partition coefficient (Wildman–Crippen LogP) is 4.07. The van der Waals surface area contributed by atoms with Gasteiger partial charge in [-0.15, -0.1) is 12.4 Å². The smallest absolute Gasteiger partial charge is 0.258 e. The molecule has 1 amide bonds. The number of benzene rings is 2. The molecule has 2 aromatic carbocycles. The summed E-state index contributed by atoms with van der Waals surface area (Å²) in [7, 11) is 0. The lowest BCUT2D eigenvalue weighted by Gasteiger charge is -2.30. The van der Waals surface area contributed by atoms with Crippen molar-refractivity contribution in [1.29, 1.82) is 0 Å². The summed E-state index contributed by atoms with van der Waals surface area (Å²) in [6.07, 6.45) is 2.79. The Hall–Kier alpha value is -2.20. The number of nitrogens with two attached hydrogens (primary N) is 1. The van der Waals surface area contributed by atoms with Crippen molar-refractivity contribution in [1.82, 2.24) is 0 Å². The fourth-order valence-electron chi connectivity index (χ4n) is 2.96. The minimum Gasteiger partial charge on any atom is -0.494 e. The normalized spacial score (nSPS) is 13.0. The number of fused-ring (bicyclic) bond motifs is 1. The number of rotatable bonds is 4. The second kappa shape index (κ2) is 8.06. The second-order valence-electron chi connectivity index (χ2n) is 5.78. The molecule has 1 heterocycles. The first-order valence-corrected chi connectivity index (χ1v) is 8.13. The number of carbonyl (C=O) groups excluding carboxylic acids is 1. The van der Waals surface area contributed by atoms with Crippen LogP contribution in [0.15, 0.2) is 42.5 Å². The number of hydrogen-bond acceptors (Lipinski definition) is 3. The number of hydrogen-bond donors (Lipinski definition) is 1. The van der Waals surface area contributed by atoms with E-state index in [4.69, 9.17) is 10.5 Å². The van der Waals surface area contributed by atoms with E-state index in [0.717, 1.165) is 48.5 Å². The predicted molar refractivity (Wildman–Crippen MR) is 100 cm³/mol. The number of halogens is 1. The third-order valence-corrected chi connectivity index (χ3v) is 4.09. The van der Waals surface area contributed by atoms with Crippen LogP contribution in [0.2, 0.25) is 0 Å². The van der Waals surface area contributed by atoms with Crippen LogP contribution in [0, 0.1) is 0 Å². The van der Waals surface area contributed by atoms with Crippen LogP contribution in [0.4, 0.5) is 11.4 Å². The Labute approximate surface area is 149 Å². The largest absolute Gasteiger partial charge is 0.494 e. The first-order valence-electron chi connectivity index (χ1n) is 8.13. The molecule has 3 rings (SSSR count). The van der Waals surface area contributed by atoms with Gasteiger partial charge in [-0.25, -0.2) is 0 Å². The molecule has 0 fully saturated rings. The van der Waals surface area contributed by atoms with Crippen molar-refractivity contribution in [2.75, 3.05) is 23.8 Å². The van der Waals surface area contributed by atoms with Gasteiger partial charge in [0.2, 0.25) is 0 Å². The lowest BCUT2D eigenvalue weighted by molar-refractivity contribution is 0.0984. The maximum Gasteiger partial charge on any atom is 0.258 e. The van der Waals surface area contributed by atoms with Gasteiger partial charge < -0.3 is 15.4 Å². The molecule has 1 aliphatic rings. The van der Waals surface area contributed by atoms with Gasteiger partial charge in [0.1, 0.15) is 5.75 Å². The molecule has 0 unspecified atom stereocenters. The van der Waals surface area contributed by atoms with Crippen molar-refractivity contribution in [3.63, 3.8) is 0 Å². The molecule has 0 spiro atoms. The summed E-state index contributed by atoms with van der Waals surface area (Å²) in [5.74, 6) is 0.737. The molecule has 4 nitrogen and oxygen atoms in total. The van der Waals surface area contributed by atoms with Crippen LogP contribution < -0.4 is 15.4 Å². The molecule has 0 aliphatic carbocycles. The van der Waals surface area contributed by atoms with Gasteiger partial charge in [-0.05, 0) is 55.2 Å². The average molecular weight is 347 g/mol. The molecule has 0 radical (unpaired) electrons. The first kappa shape index (κ1) is 18.1. The van der Waals surface area contributed by atoms with Gasteiger partial charge in [-0.1, -0.05) is 19.1 Å². The molecule has 24 heavy (non-hydrogen) atoms. The van der Waals surface area contributed by atoms with Gasteiger partial charge in [0.25, 0.3) is 5.91 Å². The van der Waals surface area contributed by atoms with Crippen LogP contribution >= 0.6 is 12.4 Å². The minimum atomic E-state index is -0.00139. The molecule has 0 bridgehead atoms. The summed E-state index contributed by atoms with van der Waals surface area (Å²) in [6, 6.07) is 13.2. The van der Waals surface area contributed by atoms with Gasteiger partial charge in [-0.3, -0.25) is 4.79 Å². The quantitative estimate of drug-likeness (QED) is 0.849. The molecular weight excluding hydrogens is 324 g/mol. The summed E-state index contributed by atoms with van der Waals surface area (Å²) in [5.41, 5.74) is 9.48. The van der Waals surface area contributed by atoms with Gasteiger partial charge in [0, 0.05) is 23.5 Å². The van der Waals surface area contributed by atoms with Crippen LogP contribution in [-0.2, 0) is 6.42 Å². The Morgan fingerprint density at radius 1 is 1.25 bits per heavy atom.